The Morgan fingerprint density at radius 3 is 1.00 bits per heavy atom. The molecule has 0 aliphatic heterocycles. The summed E-state index contributed by atoms with van der Waals surface area (Å²) in [5.41, 5.74) is 0. The summed E-state index contributed by atoms with van der Waals surface area (Å²) < 4.78 is 0. The molecule has 0 heterocycles. The quantitative estimate of drug-likeness (QED) is 0.363. The summed E-state index contributed by atoms with van der Waals surface area (Å²) >= 11 is 0. The Hall–Kier alpha value is 2.32. The summed E-state index contributed by atoms with van der Waals surface area (Å²) in [6, 6.07) is 0. The van der Waals surface area contributed by atoms with Crippen LogP contribution in [0.4, 0.5) is 0 Å². The molecule has 0 fully saturated rings. The molecule has 2 N–H and O–H groups in total. The minimum absolute atomic E-state index is 0. The standard InChI is InChI=1S/Co.Li.Mg.Ni.H2O.3H/h;;;;1H2;;;. The van der Waals surface area contributed by atoms with Crippen molar-refractivity contribution in [1.82, 2.24) is 0 Å². The van der Waals surface area contributed by atoms with Crippen LogP contribution < -0.4 is 0 Å². The first-order valence-corrected chi connectivity index (χ1v) is 0. The van der Waals surface area contributed by atoms with Gasteiger partial charge in [-0.05, 0) is 0 Å². The normalized spacial score (nSPS) is 0. The Balaban J connectivity index is 0. The molecule has 0 aromatic rings. The summed E-state index contributed by atoms with van der Waals surface area (Å²) in [6.07, 6.45) is 0. The van der Waals surface area contributed by atoms with Gasteiger partial charge in [0.2, 0.25) is 0 Å². The van der Waals surface area contributed by atoms with Crippen LogP contribution in [0.25, 0.3) is 0 Å². The van der Waals surface area contributed by atoms with E-state index < -0.39 is 0 Å². The van der Waals surface area contributed by atoms with Crippen molar-refractivity contribution in [3.8, 4) is 0 Å². The molecule has 1 radical (unpaired) electrons. The number of hydrogen-bond donors (Lipinski definition) is 0. The third-order valence-electron chi connectivity index (χ3n) is 0. The predicted molar refractivity (Wildman–Crippen MR) is 19.3 cm³/mol. The van der Waals surface area contributed by atoms with Gasteiger partial charge in [0.25, 0.3) is 0 Å². The Morgan fingerprint density at radius 1 is 1.00 bits per heavy atom. The van der Waals surface area contributed by atoms with E-state index in [4.69, 9.17) is 0 Å². The van der Waals surface area contributed by atoms with E-state index in [9.17, 15) is 0 Å². The van der Waals surface area contributed by atoms with Gasteiger partial charge in [-0.15, -0.1) is 0 Å². The molecule has 5 heavy (non-hydrogen) atoms. The molecular formula is H5CoLiMgNiO. The molecule has 0 bridgehead atoms. The molecule has 0 rings (SSSR count). The number of rotatable bonds is 0. The van der Waals surface area contributed by atoms with Gasteiger partial charge in [0.15, 0.2) is 0 Å². The second-order valence-electron chi connectivity index (χ2n) is 0. The summed E-state index contributed by atoms with van der Waals surface area (Å²) in [6.45, 7) is 0. The van der Waals surface area contributed by atoms with Gasteiger partial charge >= 0.3 is 41.9 Å². The van der Waals surface area contributed by atoms with Crippen LogP contribution in [-0.4, -0.2) is 47.4 Å². The molecule has 0 aromatic heterocycles. The maximum absolute atomic E-state index is 0. The first-order valence-electron chi connectivity index (χ1n) is 0. The molecule has 0 aliphatic rings. The van der Waals surface area contributed by atoms with E-state index in [-0.39, 0.29) is 80.7 Å². The first kappa shape index (κ1) is 54.2. The Kier molecular flexibility index (Phi) is 360. The molecule has 33 valence electrons. The van der Waals surface area contributed by atoms with Gasteiger partial charge in [0.1, 0.15) is 0 Å². The topological polar surface area (TPSA) is 31.5 Å². The van der Waals surface area contributed by atoms with Crippen molar-refractivity contribution in [2.45, 2.75) is 0 Å². The largest absolute Gasteiger partial charge is 0.316 e. The van der Waals surface area contributed by atoms with E-state index in [1.54, 1.807) is 0 Å². The molecule has 1 nitrogen and oxygen atoms in total. The van der Waals surface area contributed by atoms with Crippen LogP contribution in [0.1, 0.15) is 0 Å². The van der Waals surface area contributed by atoms with Crippen molar-refractivity contribution in [2.24, 2.45) is 0 Å². The average Bonchev–Trinajstić information content (AvgIpc) is 0. The molecular weight excluding hydrogens is 165 g/mol. The van der Waals surface area contributed by atoms with Crippen molar-refractivity contribution in [2.75, 3.05) is 0 Å². The van der Waals surface area contributed by atoms with Crippen LogP contribution in [0, 0.1) is 0 Å². The van der Waals surface area contributed by atoms with Crippen molar-refractivity contribution in [1.29, 1.82) is 0 Å². The van der Waals surface area contributed by atoms with E-state index in [2.05, 4.69) is 0 Å². The monoisotopic (exact) mass is 169 g/mol. The van der Waals surface area contributed by atoms with Crippen molar-refractivity contribution >= 4 is 41.9 Å². The average molecular weight is 170 g/mol. The minimum atomic E-state index is 0. The smallest absolute Gasteiger partial charge is 0 e. The minimum Gasteiger partial charge on any atom is 0 e. The maximum atomic E-state index is 0. The zero-order valence-corrected chi connectivity index (χ0v) is 3.18. The van der Waals surface area contributed by atoms with Crippen LogP contribution in [0.15, 0.2) is 0 Å². The third kappa shape index (κ3) is 21.9. The fourth-order valence-corrected chi connectivity index (χ4v) is 0. The zero-order chi connectivity index (χ0) is 0. The van der Waals surface area contributed by atoms with Crippen LogP contribution in [-0.2, 0) is 33.3 Å². The molecule has 0 unspecified atom stereocenters. The van der Waals surface area contributed by atoms with Gasteiger partial charge in [0.05, 0.1) is 0 Å². The molecule has 0 aliphatic carbocycles. The molecule has 5 heteroatoms. The van der Waals surface area contributed by atoms with Crippen LogP contribution in [0.2, 0.25) is 0 Å². The van der Waals surface area contributed by atoms with Gasteiger partial charge in [-0.25, -0.2) is 0 Å². The molecule has 0 saturated heterocycles. The van der Waals surface area contributed by atoms with Crippen LogP contribution >= 0.6 is 0 Å². The van der Waals surface area contributed by atoms with Crippen molar-refractivity contribution in [3.63, 3.8) is 0 Å². The van der Waals surface area contributed by atoms with Gasteiger partial charge in [0, 0.05) is 33.3 Å². The predicted octanol–water partition coefficient (Wildman–Crippen LogP) is -2.39. The summed E-state index contributed by atoms with van der Waals surface area (Å²) in [5, 5.41) is 0. The van der Waals surface area contributed by atoms with Gasteiger partial charge in [-0.2, -0.15) is 0 Å². The molecule has 0 amide bonds. The second-order valence-corrected chi connectivity index (χ2v) is 0. The molecule has 0 aromatic carbocycles. The van der Waals surface area contributed by atoms with E-state index in [0.717, 1.165) is 0 Å². The third-order valence-corrected chi connectivity index (χ3v) is 0. The zero-order valence-electron chi connectivity index (χ0n) is 1.15. The summed E-state index contributed by atoms with van der Waals surface area (Å²) in [5.74, 6) is 0. The second kappa shape index (κ2) is 33.2. The van der Waals surface area contributed by atoms with Gasteiger partial charge in [-0.1, -0.05) is 0 Å². The van der Waals surface area contributed by atoms with Crippen molar-refractivity contribution in [3.05, 3.63) is 0 Å². The van der Waals surface area contributed by atoms with Gasteiger partial charge < -0.3 is 5.48 Å². The molecule has 0 spiro atoms. The van der Waals surface area contributed by atoms with E-state index in [0.29, 0.717) is 0 Å². The fraction of sp³-hybridized carbons (Fsp3) is 0. The first-order chi connectivity index (χ1) is 0. The van der Waals surface area contributed by atoms with E-state index in [1.807, 2.05) is 0 Å². The Morgan fingerprint density at radius 2 is 1.00 bits per heavy atom. The number of hydrogen-bond acceptors (Lipinski definition) is 0. The van der Waals surface area contributed by atoms with E-state index >= 15 is 0 Å². The summed E-state index contributed by atoms with van der Waals surface area (Å²) in [7, 11) is 0. The fourth-order valence-electron chi connectivity index (χ4n) is 0. The van der Waals surface area contributed by atoms with Crippen LogP contribution in [0.5, 0.6) is 0 Å². The SMILES string of the molecule is O.[Co].[LiH].[MgH2].[Ni]. The summed E-state index contributed by atoms with van der Waals surface area (Å²) in [4.78, 5) is 0. The molecule has 0 saturated carbocycles. The van der Waals surface area contributed by atoms with Crippen LogP contribution in [0.3, 0.4) is 0 Å². The maximum Gasteiger partial charge on any atom is 0.316 e. The molecule has 0 atom stereocenters. The van der Waals surface area contributed by atoms with E-state index in [1.165, 1.54) is 0 Å². The van der Waals surface area contributed by atoms with Gasteiger partial charge in [-0.3, -0.25) is 0 Å². The Bertz CT molecular complexity index is 11.6. The Labute approximate surface area is 79.8 Å². The van der Waals surface area contributed by atoms with Crippen molar-refractivity contribution < 1.29 is 38.7 Å².